The third-order valence-corrected chi connectivity index (χ3v) is 5.30. The van der Waals surface area contributed by atoms with Gasteiger partial charge in [0.25, 0.3) is 0 Å². The molecule has 0 spiro atoms. The van der Waals surface area contributed by atoms with Crippen LogP contribution in [0.25, 0.3) is 0 Å². The van der Waals surface area contributed by atoms with Crippen molar-refractivity contribution in [1.29, 1.82) is 0 Å². The maximum Gasteiger partial charge on any atom is 0.215 e. The molecule has 2 aliphatic rings. The van der Waals surface area contributed by atoms with Crippen molar-refractivity contribution in [2.75, 3.05) is 39.1 Å². The summed E-state index contributed by atoms with van der Waals surface area (Å²) < 4.78 is 30.7. The van der Waals surface area contributed by atoms with Crippen LogP contribution in [0.1, 0.15) is 25.7 Å². The van der Waals surface area contributed by atoms with Crippen LogP contribution in [0.3, 0.4) is 0 Å². The van der Waals surface area contributed by atoms with E-state index in [1.807, 2.05) is 0 Å². The number of nitrogens with zero attached hydrogens (tertiary/aromatic N) is 1. The average molecular weight is 276 g/mol. The molecular weight excluding hydrogens is 252 g/mol. The van der Waals surface area contributed by atoms with Crippen molar-refractivity contribution < 1.29 is 13.2 Å². The van der Waals surface area contributed by atoms with E-state index >= 15 is 0 Å². The quantitative estimate of drug-likeness (QED) is 0.588. The van der Waals surface area contributed by atoms with Gasteiger partial charge >= 0.3 is 0 Å². The fraction of sp³-hybridized carbons (Fsp3) is 1.00. The molecule has 106 valence electrons. The van der Waals surface area contributed by atoms with E-state index in [1.165, 1.54) is 30.0 Å². The molecule has 0 atom stereocenters. The van der Waals surface area contributed by atoms with E-state index in [0.717, 1.165) is 12.5 Å². The highest BCUT2D eigenvalue weighted by Gasteiger charge is 2.23. The lowest BCUT2D eigenvalue weighted by Crippen LogP contribution is -2.36. The molecular formula is C12H24N2O3S. The molecule has 0 bridgehead atoms. The molecule has 0 heterocycles. The molecule has 0 aromatic heterocycles. The molecule has 0 radical (unpaired) electrons. The summed E-state index contributed by atoms with van der Waals surface area (Å²) in [5.41, 5.74) is 0. The first-order valence-corrected chi connectivity index (χ1v) is 8.44. The van der Waals surface area contributed by atoms with Crippen LogP contribution in [0.2, 0.25) is 0 Å². The minimum absolute atomic E-state index is 0.183. The Balaban J connectivity index is 1.56. The lowest BCUT2D eigenvalue weighted by molar-refractivity contribution is 0.117. The van der Waals surface area contributed by atoms with Gasteiger partial charge in [0.1, 0.15) is 0 Å². The van der Waals surface area contributed by atoms with Crippen LogP contribution >= 0.6 is 0 Å². The predicted octanol–water partition coefficient (Wildman–Crippen LogP) is 0.427. The van der Waals surface area contributed by atoms with Crippen molar-refractivity contribution in [3.63, 3.8) is 0 Å². The van der Waals surface area contributed by atoms with Crippen LogP contribution in [-0.2, 0) is 14.8 Å². The van der Waals surface area contributed by atoms with Gasteiger partial charge in [0.2, 0.25) is 10.0 Å². The minimum atomic E-state index is -3.12. The van der Waals surface area contributed by atoms with Gasteiger partial charge in [-0.15, -0.1) is 0 Å². The Morgan fingerprint density at radius 1 is 1.28 bits per heavy atom. The van der Waals surface area contributed by atoms with Gasteiger partial charge in [0, 0.05) is 32.8 Å². The van der Waals surface area contributed by atoms with Crippen molar-refractivity contribution in [3.05, 3.63) is 0 Å². The summed E-state index contributed by atoms with van der Waals surface area (Å²) in [7, 11) is -1.49. The normalized spacial score (nSPS) is 20.6. The van der Waals surface area contributed by atoms with Crippen LogP contribution in [0.15, 0.2) is 0 Å². The molecule has 0 aromatic rings. The number of nitrogens with one attached hydrogen (secondary N) is 1. The molecule has 2 rings (SSSR count). The largest absolute Gasteiger partial charge is 0.380 e. The molecule has 0 aliphatic heterocycles. The standard InChI is InChI=1S/C12H24N2O3S/c1-14(7-8-17-10-11-2-3-11)18(15,16)9-6-13-12-4-5-12/h11-13H,2-10H2,1H3. The molecule has 0 amide bonds. The third-order valence-electron chi connectivity index (χ3n) is 3.45. The van der Waals surface area contributed by atoms with Crippen LogP contribution in [-0.4, -0.2) is 57.9 Å². The first kappa shape index (κ1) is 14.2. The number of hydrogen-bond donors (Lipinski definition) is 1. The minimum Gasteiger partial charge on any atom is -0.380 e. The molecule has 6 heteroatoms. The van der Waals surface area contributed by atoms with Crippen LogP contribution in [0.5, 0.6) is 0 Å². The van der Waals surface area contributed by atoms with E-state index in [-0.39, 0.29) is 5.75 Å². The number of hydrogen-bond acceptors (Lipinski definition) is 4. The van der Waals surface area contributed by atoms with Crippen molar-refractivity contribution >= 4 is 10.0 Å². The summed E-state index contributed by atoms with van der Waals surface area (Å²) in [5.74, 6) is 0.914. The van der Waals surface area contributed by atoms with Crippen LogP contribution in [0, 0.1) is 5.92 Å². The highest BCUT2D eigenvalue weighted by Crippen LogP contribution is 2.28. The zero-order valence-corrected chi connectivity index (χ0v) is 11.9. The van der Waals surface area contributed by atoms with Crippen molar-refractivity contribution in [3.8, 4) is 0 Å². The van der Waals surface area contributed by atoms with Gasteiger partial charge in [0.15, 0.2) is 0 Å². The number of rotatable bonds is 10. The highest BCUT2D eigenvalue weighted by molar-refractivity contribution is 7.89. The summed E-state index contributed by atoms with van der Waals surface area (Å²) >= 11 is 0. The Kier molecular flexibility index (Phi) is 5.00. The zero-order valence-electron chi connectivity index (χ0n) is 11.1. The van der Waals surface area contributed by atoms with E-state index in [4.69, 9.17) is 4.74 Å². The smallest absolute Gasteiger partial charge is 0.215 e. The van der Waals surface area contributed by atoms with Gasteiger partial charge in [-0.1, -0.05) is 0 Å². The molecule has 2 fully saturated rings. The Morgan fingerprint density at radius 3 is 2.61 bits per heavy atom. The fourth-order valence-electron chi connectivity index (χ4n) is 1.70. The Labute approximate surface area is 110 Å². The zero-order chi connectivity index (χ0) is 13.0. The fourth-order valence-corrected chi connectivity index (χ4v) is 2.74. The average Bonchev–Trinajstić information content (AvgIpc) is 3.17. The summed E-state index contributed by atoms with van der Waals surface area (Å²) in [6, 6.07) is 0.562. The van der Waals surface area contributed by atoms with Gasteiger partial charge in [-0.05, 0) is 31.6 Å². The number of ether oxygens (including phenoxy) is 1. The summed E-state index contributed by atoms with van der Waals surface area (Å²) in [4.78, 5) is 0. The lowest BCUT2D eigenvalue weighted by Gasteiger charge is -2.17. The van der Waals surface area contributed by atoms with Crippen molar-refractivity contribution in [2.24, 2.45) is 5.92 Å². The van der Waals surface area contributed by atoms with Gasteiger partial charge in [-0.25, -0.2) is 12.7 Å². The molecule has 0 unspecified atom stereocenters. The topological polar surface area (TPSA) is 58.6 Å². The summed E-state index contributed by atoms with van der Waals surface area (Å²) in [6.45, 7) is 2.30. The van der Waals surface area contributed by atoms with Crippen LogP contribution in [0.4, 0.5) is 0 Å². The van der Waals surface area contributed by atoms with E-state index in [0.29, 0.717) is 25.7 Å². The second-order valence-electron chi connectivity index (χ2n) is 5.38. The predicted molar refractivity (Wildman–Crippen MR) is 71.0 cm³/mol. The van der Waals surface area contributed by atoms with Gasteiger partial charge in [0.05, 0.1) is 12.4 Å². The Hall–Kier alpha value is -0.170. The molecule has 5 nitrogen and oxygen atoms in total. The second kappa shape index (κ2) is 6.32. The third kappa shape index (κ3) is 5.22. The van der Waals surface area contributed by atoms with Crippen molar-refractivity contribution in [1.82, 2.24) is 9.62 Å². The number of sulfonamides is 1. The maximum atomic E-state index is 11.9. The van der Waals surface area contributed by atoms with E-state index in [2.05, 4.69) is 5.32 Å². The van der Waals surface area contributed by atoms with E-state index in [1.54, 1.807) is 7.05 Å². The van der Waals surface area contributed by atoms with Gasteiger partial charge < -0.3 is 10.1 Å². The van der Waals surface area contributed by atoms with Gasteiger partial charge in [-0.2, -0.15) is 0 Å². The molecule has 18 heavy (non-hydrogen) atoms. The molecule has 2 saturated carbocycles. The molecule has 0 aromatic carbocycles. The van der Waals surface area contributed by atoms with Crippen molar-refractivity contribution in [2.45, 2.75) is 31.7 Å². The Bertz CT molecular complexity index is 350. The Morgan fingerprint density at radius 2 is 2.00 bits per heavy atom. The monoisotopic (exact) mass is 276 g/mol. The second-order valence-corrected chi connectivity index (χ2v) is 7.58. The number of likely N-dealkylation sites (N-methyl/N-ethyl adjacent to an activating group) is 1. The molecule has 2 aliphatic carbocycles. The summed E-state index contributed by atoms with van der Waals surface area (Å²) in [5, 5.41) is 3.22. The molecule has 0 saturated heterocycles. The summed E-state index contributed by atoms with van der Waals surface area (Å²) in [6.07, 6.45) is 4.90. The van der Waals surface area contributed by atoms with E-state index in [9.17, 15) is 8.42 Å². The SMILES string of the molecule is CN(CCOCC1CC1)S(=O)(=O)CCNC1CC1. The highest BCUT2D eigenvalue weighted by atomic mass is 32.2. The van der Waals surface area contributed by atoms with Gasteiger partial charge in [-0.3, -0.25) is 0 Å². The first-order valence-electron chi connectivity index (χ1n) is 6.83. The van der Waals surface area contributed by atoms with Crippen LogP contribution < -0.4 is 5.32 Å². The maximum absolute atomic E-state index is 11.9. The molecule has 1 N–H and O–H groups in total. The van der Waals surface area contributed by atoms with E-state index < -0.39 is 10.0 Å². The first-order chi connectivity index (χ1) is 8.58. The lowest BCUT2D eigenvalue weighted by atomic mass is 10.5.